The molecule has 1 aliphatic carbocycles. The molecule has 1 aromatic rings. The summed E-state index contributed by atoms with van der Waals surface area (Å²) in [4.78, 5) is 12.0. The molecule has 2 atom stereocenters. The third-order valence-electron chi connectivity index (χ3n) is 3.59. The maximum Gasteiger partial charge on any atom is 0.249 e. The van der Waals surface area contributed by atoms with E-state index in [-0.39, 0.29) is 11.9 Å². The minimum Gasteiger partial charge on any atom is -0.497 e. The Labute approximate surface area is 114 Å². The van der Waals surface area contributed by atoms with E-state index in [1.54, 1.807) is 21.1 Å². The Morgan fingerprint density at radius 1 is 1.26 bits per heavy atom. The quantitative estimate of drug-likeness (QED) is 0.856. The van der Waals surface area contributed by atoms with Crippen LogP contribution in [0.15, 0.2) is 24.3 Å². The molecule has 19 heavy (non-hydrogen) atoms. The summed E-state index contributed by atoms with van der Waals surface area (Å²) in [5.74, 6) is 1.31. The summed E-state index contributed by atoms with van der Waals surface area (Å²) in [7, 11) is 3.19. The zero-order valence-electron chi connectivity index (χ0n) is 11.7. The van der Waals surface area contributed by atoms with Gasteiger partial charge in [0.25, 0.3) is 0 Å². The molecule has 1 amide bonds. The Kier molecular flexibility index (Phi) is 4.43. The predicted octanol–water partition coefficient (Wildman–Crippen LogP) is 2.30. The second-order valence-corrected chi connectivity index (χ2v) is 4.97. The third kappa shape index (κ3) is 3.47. The molecule has 4 nitrogen and oxygen atoms in total. The standard InChI is InChI=1S/C15H21NO3/c1-10(18-2)15(17)16-14(11-4-5-11)12-6-8-13(19-3)9-7-12/h6-11,14H,4-5H2,1-3H3,(H,16,17). The molecule has 4 heteroatoms. The van der Waals surface area contributed by atoms with E-state index in [1.807, 2.05) is 24.3 Å². The highest BCUT2D eigenvalue weighted by Gasteiger charge is 2.34. The van der Waals surface area contributed by atoms with Crippen LogP contribution in [0.4, 0.5) is 0 Å². The van der Waals surface area contributed by atoms with Gasteiger partial charge in [-0.25, -0.2) is 0 Å². The lowest BCUT2D eigenvalue weighted by molar-refractivity contribution is -0.131. The largest absolute Gasteiger partial charge is 0.497 e. The SMILES string of the molecule is COc1ccc(C(NC(=O)C(C)OC)C2CC2)cc1. The number of amides is 1. The molecule has 1 saturated carbocycles. The number of hydrogen-bond acceptors (Lipinski definition) is 3. The maximum absolute atomic E-state index is 12.0. The van der Waals surface area contributed by atoms with Gasteiger partial charge in [0.1, 0.15) is 11.9 Å². The van der Waals surface area contributed by atoms with Crippen molar-refractivity contribution >= 4 is 5.91 Å². The molecule has 1 aliphatic rings. The van der Waals surface area contributed by atoms with Gasteiger partial charge < -0.3 is 14.8 Å². The Bertz CT molecular complexity index is 426. The normalized spacial score (nSPS) is 17.6. The van der Waals surface area contributed by atoms with Gasteiger partial charge in [0, 0.05) is 7.11 Å². The van der Waals surface area contributed by atoms with Crippen LogP contribution >= 0.6 is 0 Å². The highest BCUT2D eigenvalue weighted by Crippen LogP contribution is 2.41. The summed E-state index contributed by atoms with van der Waals surface area (Å²) in [6.45, 7) is 1.76. The Balaban J connectivity index is 2.08. The first-order valence-electron chi connectivity index (χ1n) is 6.63. The predicted molar refractivity (Wildman–Crippen MR) is 73.1 cm³/mol. The van der Waals surface area contributed by atoms with E-state index < -0.39 is 6.10 Å². The lowest BCUT2D eigenvalue weighted by Crippen LogP contribution is -2.37. The van der Waals surface area contributed by atoms with Crippen molar-refractivity contribution in [2.45, 2.75) is 31.9 Å². The van der Waals surface area contributed by atoms with Gasteiger partial charge in [-0.05, 0) is 43.4 Å². The van der Waals surface area contributed by atoms with Crippen LogP contribution in [0.1, 0.15) is 31.4 Å². The van der Waals surface area contributed by atoms with E-state index in [9.17, 15) is 4.79 Å². The third-order valence-corrected chi connectivity index (χ3v) is 3.59. The van der Waals surface area contributed by atoms with Crippen molar-refractivity contribution in [3.8, 4) is 5.75 Å². The molecule has 0 heterocycles. The van der Waals surface area contributed by atoms with Gasteiger partial charge in [0.05, 0.1) is 13.2 Å². The zero-order chi connectivity index (χ0) is 13.8. The molecule has 0 saturated heterocycles. The molecular weight excluding hydrogens is 242 g/mol. The van der Waals surface area contributed by atoms with E-state index in [1.165, 1.54) is 12.8 Å². The van der Waals surface area contributed by atoms with Gasteiger partial charge in [-0.2, -0.15) is 0 Å². The number of ether oxygens (including phenoxy) is 2. The molecular formula is C15H21NO3. The van der Waals surface area contributed by atoms with Gasteiger partial charge >= 0.3 is 0 Å². The van der Waals surface area contributed by atoms with Crippen LogP contribution in [-0.2, 0) is 9.53 Å². The Hall–Kier alpha value is -1.55. The molecule has 1 fully saturated rings. The number of carbonyl (C=O) groups is 1. The van der Waals surface area contributed by atoms with Crippen LogP contribution < -0.4 is 10.1 Å². The number of methoxy groups -OCH3 is 2. The number of carbonyl (C=O) groups excluding carboxylic acids is 1. The zero-order valence-corrected chi connectivity index (χ0v) is 11.7. The minimum atomic E-state index is -0.417. The second-order valence-electron chi connectivity index (χ2n) is 4.97. The van der Waals surface area contributed by atoms with Crippen molar-refractivity contribution in [2.24, 2.45) is 5.92 Å². The Morgan fingerprint density at radius 3 is 2.37 bits per heavy atom. The van der Waals surface area contributed by atoms with Crippen LogP contribution in [0.2, 0.25) is 0 Å². The summed E-state index contributed by atoms with van der Waals surface area (Å²) < 4.78 is 10.2. The van der Waals surface area contributed by atoms with Crippen molar-refractivity contribution < 1.29 is 14.3 Å². The monoisotopic (exact) mass is 263 g/mol. The van der Waals surface area contributed by atoms with Gasteiger partial charge in [-0.15, -0.1) is 0 Å². The molecule has 0 bridgehead atoms. The molecule has 1 aromatic carbocycles. The summed E-state index contributed by atoms with van der Waals surface area (Å²) in [5.41, 5.74) is 1.12. The number of hydrogen-bond donors (Lipinski definition) is 1. The van der Waals surface area contributed by atoms with Gasteiger partial charge in [0.15, 0.2) is 0 Å². The lowest BCUT2D eigenvalue weighted by Gasteiger charge is -2.21. The van der Waals surface area contributed by atoms with E-state index in [2.05, 4.69) is 5.32 Å². The summed E-state index contributed by atoms with van der Waals surface area (Å²) in [6, 6.07) is 7.96. The smallest absolute Gasteiger partial charge is 0.249 e. The molecule has 2 rings (SSSR count). The molecule has 1 N–H and O–H groups in total. The maximum atomic E-state index is 12.0. The van der Waals surface area contributed by atoms with Crippen molar-refractivity contribution in [2.75, 3.05) is 14.2 Å². The van der Waals surface area contributed by atoms with Gasteiger partial charge in [-0.1, -0.05) is 12.1 Å². The Morgan fingerprint density at radius 2 is 1.89 bits per heavy atom. The van der Waals surface area contributed by atoms with Crippen molar-refractivity contribution in [3.05, 3.63) is 29.8 Å². The van der Waals surface area contributed by atoms with Crippen LogP contribution in [0.3, 0.4) is 0 Å². The summed E-state index contributed by atoms with van der Waals surface area (Å²) in [5, 5.41) is 3.08. The first-order chi connectivity index (χ1) is 9.15. The first kappa shape index (κ1) is 13.9. The number of benzene rings is 1. The van der Waals surface area contributed by atoms with E-state index >= 15 is 0 Å². The summed E-state index contributed by atoms with van der Waals surface area (Å²) >= 11 is 0. The van der Waals surface area contributed by atoms with Crippen LogP contribution in [-0.4, -0.2) is 26.2 Å². The van der Waals surface area contributed by atoms with Crippen LogP contribution in [0, 0.1) is 5.92 Å². The van der Waals surface area contributed by atoms with E-state index in [0.717, 1.165) is 11.3 Å². The molecule has 0 aliphatic heterocycles. The second kappa shape index (κ2) is 6.06. The van der Waals surface area contributed by atoms with Crippen LogP contribution in [0.5, 0.6) is 5.75 Å². The molecule has 0 spiro atoms. The minimum absolute atomic E-state index is 0.0600. The number of nitrogens with one attached hydrogen (secondary N) is 1. The average Bonchev–Trinajstić information content (AvgIpc) is 3.28. The lowest BCUT2D eigenvalue weighted by atomic mass is 10.0. The van der Waals surface area contributed by atoms with E-state index in [0.29, 0.717) is 5.92 Å². The van der Waals surface area contributed by atoms with Crippen molar-refractivity contribution in [1.29, 1.82) is 0 Å². The van der Waals surface area contributed by atoms with Gasteiger partial charge in [-0.3, -0.25) is 4.79 Å². The fourth-order valence-electron chi connectivity index (χ4n) is 2.09. The first-order valence-corrected chi connectivity index (χ1v) is 6.63. The average molecular weight is 263 g/mol. The number of rotatable bonds is 6. The topological polar surface area (TPSA) is 47.6 Å². The highest BCUT2D eigenvalue weighted by atomic mass is 16.5. The summed E-state index contributed by atoms with van der Waals surface area (Å²) in [6.07, 6.45) is 1.91. The molecule has 0 aromatic heterocycles. The molecule has 104 valence electrons. The fourth-order valence-corrected chi connectivity index (χ4v) is 2.09. The molecule has 0 radical (unpaired) electrons. The molecule has 2 unspecified atom stereocenters. The fraction of sp³-hybridized carbons (Fsp3) is 0.533. The van der Waals surface area contributed by atoms with Crippen molar-refractivity contribution in [1.82, 2.24) is 5.32 Å². The van der Waals surface area contributed by atoms with Crippen LogP contribution in [0.25, 0.3) is 0 Å². The van der Waals surface area contributed by atoms with Gasteiger partial charge in [0.2, 0.25) is 5.91 Å². The van der Waals surface area contributed by atoms with E-state index in [4.69, 9.17) is 9.47 Å². The van der Waals surface area contributed by atoms with Crippen molar-refractivity contribution in [3.63, 3.8) is 0 Å². The highest BCUT2D eigenvalue weighted by molar-refractivity contribution is 5.80.